The maximum Gasteiger partial charge on any atom is 0.316 e. The van der Waals surface area contributed by atoms with E-state index in [0.29, 0.717) is 43.2 Å². The molecule has 0 bridgehead atoms. The summed E-state index contributed by atoms with van der Waals surface area (Å²) in [7, 11) is 0. The Labute approximate surface area is 244 Å². The Hall–Kier alpha value is -4.47. The molecule has 3 heterocycles. The SMILES string of the molecule is Cc1cccc(OCC(C)C)c1-n1nc2c(c1-c1cc(F)c(NC(N)=O)cc1F)CN(c1ncccc1C(C)C)CC2. The standard InChI is InChI=1S/C32H36F2N6O2/c1-18(2)17-42-28-10-6-8-20(5)29(28)40-30(22-14-25(34)27(15-24(22)33)37-32(35)41)23-16-39(13-11-26(23)38-40)31-21(19(3)4)9-7-12-36-31/h6-10,12,14-15,18-19H,11,13,16-17H2,1-5H3,(H3,35,37,41). The van der Waals surface area contributed by atoms with Crippen LogP contribution in [0.15, 0.2) is 48.7 Å². The van der Waals surface area contributed by atoms with Gasteiger partial charge >= 0.3 is 6.03 Å². The predicted octanol–water partition coefficient (Wildman–Crippen LogP) is 6.73. The molecule has 1 aliphatic rings. The highest BCUT2D eigenvalue weighted by molar-refractivity contribution is 5.88. The van der Waals surface area contributed by atoms with Crippen LogP contribution in [0.5, 0.6) is 5.75 Å². The van der Waals surface area contributed by atoms with Crippen molar-refractivity contribution in [2.75, 3.05) is 23.4 Å². The zero-order valence-corrected chi connectivity index (χ0v) is 24.5. The fraction of sp³-hybridized carbons (Fsp3) is 0.344. The third-order valence-electron chi connectivity index (χ3n) is 7.33. The average molecular weight is 575 g/mol. The summed E-state index contributed by atoms with van der Waals surface area (Å²) in [5.74, 6) is 0.458. The van der Waals surface area contributed by atoms with E-state index in [1.54, 1.807) is 10.9 Å². The number of nitrogens with one attached hydrogen (secondary N) is 1. The van der Waals surface area contributed by atoms with Crippen molar-refractivity contribution in [3.63, 3.8) is 0 Å². The fourth-order valence-electron chi connectivity index (χ4n) is 5.35. The number of pyridine rings is 1. The maximum atomic E-state index is 15.9. The summed E-state index contributed by atoms with van der Waals surface area (Å²) in [6.45, 7) is 11.9. The normalized spacial score (nSPS) is 13.0. The van der Waals surface area contributed by atoms with Crippen molar-refractivity contribution in [3.8, 4) is 22.7 Å². The number of anilines is 2. The molecule has 2 aromatic heterocycles. The lowest BCUT2D eigenvalue weighted by atomic mass is 9.98. The van der Waals surface area contributed by atoms with Gasteiger partial charge in [-0.15, -0.1) is 0 Å². The molecule has 0 fully saturated rings. The number of hydrogen-bond acceptors (Lipinski definition) is 5. The first-order valence-corrected chi connectivity index (χ1v) is 14.1. The number of halogens is 2. The molecular weight excluding hydrogens is 538 g/mol. The first-order valence-electron chi connectivity index (χ1n) is 14.1. The Morgan fingerprint density at radius 3 is 2.62 bits per heavy atom. The van der Waals surface area contributed by atoms with Crippen LogP contribution in [0.2, 0.25) is 0 Å². The first kappa shape index (κ1) is 29.0. The molecule has 8 nitrogen and oxygen atoms in total. The predicted molar refractivity (Wildman–Crippen MR) is 160 cm³/mol. The van der Waals surface area contributed by atoms with Crippen molar-refractivity contribution in [2.45, 2.75) is 53.5 Å². The second-order valence-electron chi connectivity index (χ2n) is 11.4. The number of nitrogens with two attached hydrogens (primary N) is 1. The molecular formula is C32H36F2N6O2. The highest BCUT2D eigenvalue weighted by atomic mass is 19.1. The van der Waals surface area contributed by atoms with Gasteiger partial charge in [0.25, 0.3) is 0 Å². The van der Waals surface area contributed by atoms with Crippen molar-refractivity contribution in [2.24, 2.45) is 11.7 Å². The van der Waals surface area contributed by atoms with Crippen LogP contribution in [0.4, 0.5) is 25.1 Å². The minimum absolute atomic E-state index is 0.0151. The molecule has 42 heavy (non-hydrogen) atoms. The molecule has 2 aromatic carbocycles. The molecule has 220 valence electrons. The Bertz CT molecular complexity index is 1630. The van der Waals surface area contributed by atoms with Gasteiger partial charge in [0.15, 0.2) is 0 Å². The number of benzene rings is 2. The quantitative estimate of drug-likeness (QED) is 0.243. The lowest BCUT2D eigenvalue weighted by Gasteiger charge is -2.30. The Morgan fingerprint density at radius 1 is 1.12 bits per heavy atom. The number of amides is 2. The number of nitrogens with zero attached hydrogens (tertiary/aromatic N) is 4. The van der Waals surface area contributed by atoms with Gasteiger partial charge in [0.1, 0.15) is 28.9 Å². The average Bonchev–Trinajstić information content (AvgIpc) is 3.31. The summed E-state index contributed by atoms with van der Waals surface area (Å²) < 4.78 is 39.1. The summed E-state index contributed by atoms with van der Waals surface area (Å²) in [6.07, 6.45) is 2.36. The molecule has 0 saturated heterocycles. The Morgan fingerprint density at radius 2 is 1.90 bits per heavy atom. The summed E-state index contributed by atoms with van der Waals surface area (Å²) in [6, 6.07) is 10.7. The number of rotatable bonds is 8. The van der Waals surface area contributed by atoms with E-state index >= 15 is 8.78 Å². The van der Waals surface area contributed by atoms with Crippen LogP contribution < -0.4 is 20.7 Å². The molecule has 0 atom stereocenters. The van der Waals surface area contributed by atoms with Gasteiger partial charge < -0.3 is 20.7 Å². The Balaban J connectivity index is 1.72. The largest absolute Gasteiger partial charge is 0.491 e. The van der Waals surface area contributed by atoms with Crippen molar-refractivity contribution >= 4 is 17.5 Å². The van der Waals surface area contributed by atoms with E-state index in [-0.39, 0.29) is 23.1 Å². The fourth-order valence-corrected chi connectivity index (χ4v) is 5.35. The highest BCUT2D eigenvalue weighted by Crippen LogP contribution is 2.40. The van der Waals surface area contributed by atoms with Gasteiger partial charge in [-0.05, 0) is 48.1 Å². The van der Waals surface area contributed by atoms with Crippen molar-refractivity contribution < 1.29 is 18.3 Å². The third-order valence-corrected chi connectivity index (χ3v) is 7.33. The van der Waals surface area contributed by atoms with E-state index in [0.717, 1.165) is 40.3 Å². The minimum Gasteiger partial charge on any atom is -0.491 e. The van der Waals surface area contributed by atoms with E-state index in [2.05, 4.69) is 44.0 Å². The van der Waals surface area contributed by atoms with Crippen LogP contribution >= 0.6 is 0 Å². The summed E-state index contributed by atoms with van der Waals surface area (Å²) in [5.41, 5.74) is 9.48. The van der Waals surface area contributed by atoms with Gasteiger partial charge in [0.05, 0.1) is 23.7 Å². The smallest absolute Gasteiger partial charge is 0.316 e. The monoisotopic (exact) mass is 574 g/mol. The minimum atomic E-state index is -0.984. The molecule has 0 unspecified atom stereocenters. The van der Waals surface area contributed by atoms with Crippen LogP contribution in [0.1, 0.15) is 56.0 Å². The third kappa shape index (κ3) is 5.66. The van der Waals surface area contributed by atoms with Gasteiger partial charge in [-0.3, -0.25) is 0 Å². The molecule has 5 rings (SSSR count). The number of carbonyl (C=O) groups is 1. The maximum absolute atomic E-state index is 15.9. The van der Waals surface area contributed by atoms with Crippen molar-refractivity contribution in [1.82, 2.24) is 14.8 Å². The zero-order chi connectivity index (χ0) is 30.1. The number of hydrogen-bond donors (Lipinski definition) is 2. The number of aromatic nitrogens is 3. The number of ether oxygens (including phenoxy) is 1. The van der Waals surface area contributed by atoms with Crippen LogP contribution in [-0.4, -0.2) is 33.9 Å². The molecule has 0 aliphatic carbocycles. The second-order valence-corrected chi connectivity index (χ2v) is 11.4. The molecule has 0 radical (unpaired) electrons. The summed E-state index contributed by atoms with van der Waals surface area (Å²) >= 11 is 0. The lowest BCUT2D eigenvalue weighted by molar-refractivity contribution is 0.259. The number of carbonyl (C=O) groups excluding carboxylic acids is 1. The van der Waals surface area contributed by atoms with Crippen LogP contribution in [0, 0.1) is 24.5 Å². The number of primary amides is 1. The van der Waals surface area contributed by atoms with Crippen molar-refractivity contribution in [3.05, 3.63) is 82.7 Å². The lowest BCUT2D eigenvalue weighted by Crippen LogP contribution is -2.32. The topological polar surface area (TPSA) is 98.3 Å². The highest BCUT2D eigenvalue weighted by Gasteiger charge is 2.31. The number of para-hydroxylation sites is 1. The van der Waals surface area contributed by atoms with Crippen molar-refractivity contribution in [1.29, 1.82) is 0 Å². The van der Waals surface area contributed by atoms with E-state index in [1.165, 1.54) is 0 Å². The van der Waals surface area contributed by atoms with E-state index in [4.69, 9.17) is 20.6 Å². The molecule has 10 heteroatoms. The summed E-state index contributed by atoms with van der Waals surface area (Å²) in [4.78, 5) is 18.3. The first-order chi connectivity index (χ1) is 20.0. The number of fused-ring (bicyclic) bond motifs is 1. The number of urea groups is 1. The van der Waals surface area contributed by atoms with E-state index < -0.39 is 17.7 Å². The van der Waals surface area contributed by atoms with Gasteiger partial charge in [-0.2, -0.15) is 5.10 Å². The van der Waals surface area contributed by atoms with Gasteiger partial charge in [0, 0.05) is 42.9 Å². The van der Waals surface area contributed by atoms with Gasteiger partial charge in [-0.25, -0.2) is 23.2 Å². The molecule has 3 N–H and O–H groups in total. The molecule has 2 amide bonds. The second kappa shape index (κ2) is 11.8. The summed E-state index contributed by atoms with van der Waals surface area (Å²) in [5, 5.41) is 7.13. The van der Waals surface area contributed by atoms with Gasteiger partial charge in [-0.1, -0.05) is 45.9 Å². The van der Waals surface area contributed by atoms with E-state index in [1.807, 2.05) is 31.2 Å². The van der Waals surface area contributed by atoms with Crippen LogP contribution in [-0.2, 0) is 13.0 Å². The molecule has 4 aromatic rings. The number of aryl methyl sites for hydroxylation is 1. The Kier molecular flexibility index (Phi) is 8.15. The molecule has 0 saturated carbocycles. The van der Waals surface area contributed by atoms with E-state index in [9.17, 15) is 4.79 Å². The molecule has 0 spiro atoms. The zero-order valence-electron chi connectivity index (χ0n) is 24.5. The van der Waals surface area contributed by atoms with Gasteiger partial charge in [0.2, 0.25) is 0 Å². The molecule has 1 aliphatic heterocycles. The van der Waals surface area contributed by atoms with Crippen LogP contribution in [0.25, 0.3) is 16.9 Å². The van der Waals surface area contributed by atoms with Crippen LogP contribution in [0.3, 0.4) is 0 Å².